The first-order chi connectivity index (χ1) is 9.56. The first-order valence-electron chi connectivity index (χ1n) is 5.73. The van der Waals surface area contributed by atoms with Crippen molar-refractivity contribution in [3.8, 4) is 11.5 Å². The maximum atomic E-state index is 12.3. The molecule has 0 fully saturated rings. The molecule has 0 atom stereocenters. The van der Waals surface area contributed by atoms with E-state index in [1.807, 2.05) is 6.07 Å². The Morgan fingerprint density at radius 2 is 1.80 bits per heavy atom. The van der Waals surface area contributed by atoms with Gasteiger partial charge in [-0.15, -0.1) is 0 Å². The van der Waals surface area contributed by atoms with E-state index in [1.165, 1.54) is 12.1 Å². The zero-order chi connectivity index (χ0) is 14.2. The standard InChI is InChI=1S/C13H10BrNO4S/c14-10-3-1-2-4-11(10)15-20(16,17)9-5-6-12-13(7-9)19-8-18-12/h1-7,15H,8H2. The molecule has 0 saturated heterocycles. The summed E-state index contributed by atoms with van der Waals surface area (Å²) in [5, 5.41) is 0. The normalized spacial score (nSPS) is 13.2. The van der Waals surface area contributed by atoms with Crippen molar-refractivity contribution in [3.05, 3.63) is 46.9 Å². The Kier molecular flexibility index (Phi) is 3.31. The summed E-state index contributed by atoms with van der Waals surface area (Å²) in [5.41, 5.74) is 0.477. The minimum Gasteiger partial charge on any atom is -0.454 e. The lowest BCUT2D eigenvalue weighted by molar-refractivity contribution is 0.174. The third-order valence-electron chi connectivity index (χ3n) is 2.77. The second-order valence-corrected chi connectivity index (χ2v) is 6.64. The minimum absolute atomic E-state index is 0.108. The van der Waals surface area contributed by atoms with E-state index >= 15 is 0 Å². The molecule has 1 heterocycles. The van der Waals surface area contributed by atoms with Crippen molar-refractivity contribution >= 4 is 31.6 Å². The fourth-order valence-electron chi connectivity index (χ4n) is 1.79. The van der Waals surface area contributed by atoms with Crippen LogP contribution in [-0.4, -0.2) is 15.2 Å². The number of hydrogen-bond acceptors (Lipinski definition) is 4. The summed E-state index contributed by atoms with van der Waals surface area (Å²) in [6, 6.07) is 11.5. The van der Waals surface area contributed by atoms with Gasteiger partial charge in [-0.25, -0.2) is 8.42 Å². The van der Waals surface area contributed by atoms with Crippen LogP contribution in [0.1, 0.15) is 0 Å². The van der Waals surface area contributed by atoms with E-state index in [0.717, 1.165) is 0 Å². The molecular formula is C13H10BrNO4S. The zero-order valence-corrected chi connectivity index (χ0v) is 12.6. The zero-order valence-electron chi connectivity index (χ0n) is 10.2. The van der Waals surface area contributed by atoms with Crippen molar-refractivity contribution in [1.82, 2.24) is 0 Å². The van der Waals surface area contributed by atoms with Gasteiger partial charge >= 0.3 is 0 Å². The van der Waals surface area contributed by atoms with Crippen LogP contribution in [0.2, 0.25) is 0 Å². The highest BCUT2D eigenvalue weighted by atomic mass is 79.9. The van der Waals surface area contributed by atoms with Crippen LogP contribution in [-0.2, 0) is 10.0 Å². The molecule has 20 heavy (non-hydrogen) atoms. The topological polar surface area (TPSA) is 64.6 Å². The van der Waals surface area contributed by atoms with Crippen LogP contribution in [0.15, 0.2) is 51.8 Å². The van der Waals surface area contributed by atoms with Crippen molar-refractivity contribution < 1.29 is 17.9 Å². The molecule has 2 aromatic rings. The fourth-order valence-corrected chi connectivity index (χ4v) is 3.40. The Morgan fingerprint density at radius 3 is 2.60 bits per heavy atom. The summed E-state index contributed by atoms with van der Waals surface area (Å²) in [5.74, 6) is 0.977. The van der Waals surface area contributed by atoms with Gasteiger partial charge in [0.15, 0.2) is 11.5 Å². The maximum absolute atomic E-state index is 12.3. The number of para-hydroxylation sites is 1. The number of anilines is 1. The Bertz CT molecular complexity index is 761. The molecule has 0 amide bonds. The molecule has 104 valence electrons. The van der Waals surface area contributed by atoms with Gasteiger partial charge in [0.25, 0.3) is 10.0 Å². The molecule has 0 bridgehead atoms. The molecule has 0 saturated carbocycles. The van der Waals surface area contributed by atoms with E-state index in [9.17, 15) is 8.42 Å². The van der Waals surface area contributed by atoms with E-state index in [4.69, 9.17) is 9.47 Å². The number of fused-ring (bicyclic) bond motifs is 1. The first-order valence-corrected chi connectivity index (χ1v) is 8.01. The molecule has 3 rings (SSSR count). The van der Waals surface area contributed by atoms with E-state index in [0.29, 0.717) is 21.7 Å². The number of hydrogen-bond donors (Lipinski definition) is 1. The van der Waals surface area contributed by atoms with Crippen LogP contribution in [0.5, 0.6) is 11.5 Å². The van der Waals surface area contributed by atoms with Gasteiger partial charge in [0.1, 0.15) is 0 Å². The van der Waals surface area contributed by atoms with Crippen LogP contribution in [0, 0.1) is 0 Å². The highest BCUT2D eigenvalue weighted by Gasteiger charge is 2.20. The molecule has 0 unspecified atom stereocenters. The third kappa shape index (κ3) is 2.46. The average molecular weight is 356 g/mol. The Hall–Kier alpha value is -1.73. The van der Waals surface area contributed by atoms with Gasteiger partial charge < -0.3 is 9.47 Å². The summed E-state index contributed by atoms with van der Waals surface area (Å²) in [6.45, 7) is 0.108. The van der Waals surface area contributed by atoms with Crippen LogP contribution in [0.4, 0.5) is 5.69 Å². The molecule has 2 aromatic carbocycles. The monoisotopic (exact) mass is 355 g/mol. The van der Waals surface area contributed by atoms with Crippen LogP contribution in [0.25, 0.3) is 0 Å². The van der Waals surface area contributed by atoms with Crippen molar-refractivity contribution in [3.63, 3.8) is 0 Å². The number of rotatable bonds is 3. The Morgan fingerprint density at radius 1 is 1.05 bits per heavy atom. The van der Waals surface area contributed by atoms with Gasteiger partial charge in [0.05, 0.1) is 10.6 Å². The predicted octanol–water partition coefficient (Wildman–Crippen LogP) is 2.98. The predicted molar refractivity (Wildman–Crippen MR) is 77.5 cm³/mol. The number of sulfonamides is 1. The second-order valence-electron chi connectivity index (χ2n) is 4.10. The summed E-state index contributed by atoms with van der Waals surface area (Å²) >= 11 is 3.30. The van der Waals surface area contributed by atoms with Gasteiger partial charge in [0.2, 0.25) is 6.79 Å². The summed E-state index contributed by atoms with van der Waals surface area (Å²) in [4.78, 5) is 0.123. The van der Waals surface area contributed by atoms with E-state index < -0.39 is 10.0 Å². The maximum Gasteiger partial charge on any atom is 0.262 e. The van der Waals surface area contributed by atoms with E-state index in [-0.39, 0.29) is 11.7 Å². The minimum atomic E-state index is -3.67. The van der Waals surface area contributed by atoms with Crippen LogP contribution in [0.3, 0.4) is 0 Å². The average Bonchev–Trinajstić information content (AvgIpc) is 2.88. The molecule has 5 nitrogen and oxygen atoms in total. The van der Waals surface area contributed by atoms with Crippen molar-refractivity contribution in [1.29, 1.82) is 0 Å². The Balaban J connectivity index is 1.94. The van der Waals surface area contributed by atoms with Crippen molar-refractivity contribution in [2.75, 3.05) is 11.5 Å². The van der Waals surface area contributed by atoms with Crippen molar-refractivity contribution in [2.45, 2.75) is 4.90 Å². The lowest BCUT2D eigenvalue weighted by Crippen LogP contribution is -2.13. The smallest absolute Gasteiger partial charge is 0.262 e. The second kappa shape index (κ2) is 4.99. The lowest BCUT2D eigenvalue weighted by Gasteiger charge is -2.10. The quantitative estimate of drug-likeness (QED) is 0.918. The lowest BCUT2D eigenvalue weighted by atomic mass is 10.3. The molecular weight excluding hydrogens is 346 g/mol. The van der Waals surface area contributed by atoms with Gasteiger partial charge in [-0.1, -0.05) is 12.1 Å². The van der Waals surface area contributed by atoms with Gasteiger partial charge in [-0.2, -0.15) is 0 Å². The molecule has 1 aliphatic rings. The molecule has 0 radical (unpaired) electrons. The summed E-state index contributed by atoms with van der Waals surface area (Å²) < 4.78 is 38.2. The number of ether oxygens (including phenoxy) is 2. The van der Waals surface area contributed by atoms with Gasteiger partial charge in [-0.3, -0.25) is 4.72 Å². The summed E-state index contributed by atoms with van der Waals surface area (Å²) in [6.07, 6.45) is 0. The van der Waals surface area contributed by atoms with E-state index in [2.05, 4.69) is 20.7 Å². The molecule has 0 aliphatic carbocycles. The van der Waals surface area contributed by atoms with E-state index in [1.54, 1.807) is 24.3 Å². The largest absolute Gasteiger partial charge is 0.454 e. The highest BCUT2D eigenvalue weighted by molar-refractivity contribution is 9.10. The fraction of sp³-hybridized carbons (Fsp3) is 0.0769. The van der Waals surface area contributed by atoms with Gasteiger partial charge in [-0.05, 0) is 40.2 Å². The number of halogens is 1. The molecule has 1 aliphatic heterocycles. The number of nitrogens with one attached hydrogen (secondary N) is 1. The molecule has 7 heteroatoms. The Labute approximate surface area is 124 Å². The highest BCUT2D eigenvalue weighted by Crippen LogP contribution is 2.34. The SMILES string of the molecule is O=S(=O)(Nc1ccccc1Br)c1ccc2c(c1)OCO2. The van der Waals surface area contributed by atoms with Crippen LogP contribution < -0.4 is 14.2 Å². The van der Waals surface area contributed by atoms with Crippen molar-refractivity contribution in [2.24, 2.45) is 0 Å². The third-order valence-corrected chi connectivity index (χ3v) is 4.83. The molecule has 0 aromatic heterocycles. The number of benzene rings is 2. The van der Waals surface area contributed by atoms with Gasteiger partial charge in [0, 0.05) is 10.5 Å². The molecule has 1 N–H and O–H groups in total. The first kappa shape index (κ1) is 13.3. The summed E-state index contributed by atoms with van der Waals surface area (Å²) in [7, 11) is -3.67. The molecule has 0 spiro atoms. The van der Waals surface area contributed by atoms with Crippen LogP contribution >= 0.6 is 15.9 Å².